The smallest absolute Gasteiger partial charge is 0.318 e. The molecule has 1 aromatic carbocycles. The summed E-state index contributed by atoms with van der Waals surface area (Å²) in [5, 5.41) is 0.503. The van der Waals surface area contributed by atoms with Crippen LogP contribution in [0.5, 0.6) is 0 Å². The number of hydrogen-bond acceptors (Lipinski definition) is 6. The van der Waals surface area contributed by atoms with Crippen LogP contribution in [0.15, 0.2) is 33.9 Å². The van der Waals surface area contributed by atoms with Crippen LogP contribution in [0.1, 0.15) is 6.42 Å². The molecule has 92 valence electrons. The van der Waals surface area contributed by atoms with Crippen LogP contribution in [0.4, 0.5) is 0 Å². The lowest BCUT2D eigenvalue weighted by Crippen LogP contribution is -2.09. The maximum absolute atomic E-state index is 11.3. The molecule has 1 saturated heterocycles. The first kappa shape index (κ1) is 11.3. The Morgan fingerprint density at radius 3 is 2.89 bits per heavy atom. The van der Waals surface area contributed by atoms with Crippen LogP contribution in [0, 0.1) is 5.92 Å². The van der Waals surface area contributed by atoms with Gasteiger partial charge < -0.3 is 9.15 Å². The van der Waals surface area contributed by atoms with Gasteiger partial charge >= 0.3 is 11.9 Å². The van der Waals surface area contributed by atoms with Gasteiger partial charge in [-0.15, -0.1) is 0 Å². The molecule has 0 radical (unpaired) electrons. The van der Waals surface area contributed by atoms with E-state index in [1.54, 1.807) is 0 Å². The van der Waals surface area contributed by atoms with Crippen molar-refractivity contribution in [1.29, 1.82) is 0 Å². The predicted octanol–water partition coefficient (Wildman–Crippen LogP) is 2.01. The van der Waals surface area contributed by atoms with Crippen LogP contribution < -0.4 is 0 Å². The van der Waals surface area contributed by atoms with E-state index in [0.717, 1.165) is 5.52 Å². The molecule has 0 spiro atoms. The summed E-state index contributed by atoms with van der Waals surface area (Å²) >= 11 is 1.32. The summed E-state index contributed by atoms with van der Waals surface area (Å²) in [6, 6.07) is 7.44. The summed E-state index contributed by atoms with van der Waals surface area (Å²) in [4.78, 5) is 26.5. The Labute approximate surface area is 107 Å². The second-order valence-corrected chi connectivity index (χ2v) is 4.92. The van der Waals surface area contributed by atoms with Gasteiger partial charge in [-0.1, -0.05) is 23.9 Å². The zero-order valence-corrected chi connectivity index (χ0v) is 10.1. The van der Waals surface area contributed by atoms with Gasteiger partial charge in [-0.25, -0.2) is 4.98 Å². The number of carbonyl (C=O) groups excluding carboxylic acids is 2. The average molecular weight is 263 g/mol. The molecule has 6 heteroatoms. The molecule has 3 rings (SSSR count). The maximum Gasteiger partial charge on any atom is 0.318 e. The number of rotatable bonds is 3. The SMILES string of the molecule is O=C1CC(CSc2nc3ccccc3o2)C(=O)O1. The number of thioether (sulfide) groups is 1. The third kappa shape index (κ3) is 2.11. The third-order valence-electron chi connectivity index (χ3n) is 2.64. The Balaban J connectivity index is 1.69. The molecule has 0 N–H and O–H groups in total. The molecule has 0 saturated carbocycles. The van der Waals surface area contributed by atoms with E-state index < -0.39 is 17.9 Å². The van der Waals surface area contributed by atoms with Gasteiger partial charge in [-0.05, 0) is 12.1 Å². The van der Waals surface area contributed by atoms with Gasteiger partial charge in [0, 0.05) is 5.75 Å². The summed E-state index contributed by atoms with van der Waals surface area (Å²) in [6.45, 7) is 0. The zero-order valence-electron chi connectivity index (χ0n) is 9.29. The standard InChI is InChI=1S/C12H9NO4S/c14-10-5-7(11(15)17-10)6-18-12-13-8-3-1-2-4-9(8)16-12/h1-4,7H,5-6H2. The highest BCUT2D eigenvalue weighted by Crippen LogP contribution is 2.28. The lowest BCUT2D eigenvalue weighted by molar-refractivity contribution is -0.152. The first-order valence-electron chi connectivity index (χ1n) is 5.45. The number of fused-ring (bicyclic) bond motifs is 1. The first-order valence-corrected chi connectivity index (χ1v) is 6.44. The number of ether oxygens (including phenoxy) is 1. The number of aromatic nitrogens is 1. The topological polar surface area (TPSA) is 69.4 Å². The van der Waals surface area contributed by atoms with Crippen molar-refractivity contribution < 1.29 is 18.7 Å². The van der Waals surface area contributed by atoms with Crippen molar-refractivity contribution in [2.75, 3.05) is 5.75 Å². The van der Waals surface area contributed by atoms with E-state index in [9.17, 15) is 9.59 Å². The number of hydrogen-bond donors (Lipinski definition) is 0. The van der Waals surface area contributed by atoms with E-state index >= 15 is 0 Å². The summed E-state index contributed by atoms with van der Waals surface area (Å²) in [7, 11) is 0. The highest BCUT2D eigenvalue weighted by molar-refractivity contribution is 7.99. The molecule has 1 aliphatic heterocycles. The lowest BCUT2D eigenvalue weighted by atomic mass is 10.1. The van der Waals surface area contributed by atoms with Crippen molar-refractivity contribution in [3.05, 3.63) is 24.3 Å². The quantitative estimate of drug-likeness (QED) is 0.479. The minimum Gasteiger partial charge on any atom is -0.431 e. The second-order valence-electron chi connectivity index (χ2n) is 3.95. The normalized spacial score (nSPS) is 19.4. The Morgan fingerprint density at radius 2 is 2.17 bits per heavy atom. The molecule has 0 aliphatic carbocycles. The fourth-order valence-corrected chi connectivity index (χ4v) is 2.64. The molecule has 2 aromatic rings. The van der Waals surface area contributed by atoms with Crippen LogP contribution in [0.3, 0.4) is 0 Å². The van der Waals surface area contributed by atoms with Crippen molar-refractivity contribution >= 4 is 34.8 Å². The Morgan fingerprint density at radius 1 is 1.33 bits per heavy atom. The second kappa shape index (κ2) is 4.45. The van der Waals surface area contributed by atoms with Gasteiger partial charge in [0.1, 0.15) is 5.52 Å². The fraction of sp³-hybridized carbons (Fsp3) is 0.250. The molecule has 0 amide bonds. The van der Waals surface area contributed by atoms with Crippen LogP contribution in [-0.2, 0) is 14.3 Å². The lowest BCUT2D eigenvalue weighted by Gasteiger charge is -1.99. The Kier molecular flexibility index (Phi) is 2.79. The molecule has 1 atom stereocenters. The summed E-state index contributed by atoms with van der Waals surface area (Å²) in [5.41, 5.74) is 1.50. The van der Waals surface area contributed by atoms with Crippen molar-refractivity contribution in [3.8, 4) is 0 Å². The van der Waals surface area contributed by atoms with Gasteiger partial charge in [-0.3, -0.25) is 9.59 Å². The number of para-hydroxylation sites is 2. The van der Waals surface area contributed by atoms with Crippen LogP contribution >= 0.6 is 11.8 Å². The predicted molar refractivity (Wildman–Crippen MR) is 63.9 cm³/mol. The van der Waals surface area contributed by atoms with Gasteiger partial charge in [-0.2, -0.15) is 0 Å². The highest BCUT2D eigenvalue weighted by Gasteiger charge is 2.33. The molecule has 1 aromatic heterocycles. The molecular formula is C12H9NO4S. The summed E-state index contributed by atoms with van der Waals surface area (Å²) in [6.07, 6.45) is 0.145. The number of esters is 2. The van der Waals surface area contributed by atoms with Crippen LogP contribution in [-0.4, -0.2) is 22.7 Å². The monoisotopic (exact) mass is 263 g/mol. The minimum absolute atomic E-state index is 0.145. The molecular weight excluding hydrogens is 254 g/mol. The molecule has 0 bridgehead atoms. The number of nitrogens with zero attached hydrogens (tertiary/aromatic N) is 1. The third-order valence-corrected chi connectivity index (χ3v) is 3.63. The van der Waals surface area contributed by atoms with E-state index in [0.29, 0.717) is 16.6 Å². The zero-order chi connectivity index (χ0) is 12.5. The van der Waals surface area contributed by atoms with Gasteiger partial charge in [0.15, 0.2) is 5.58 Å². The van der Waals surface area contributed by atoms with E-state index in [4.69, 9.17) is 4.42 Å². The van der Waals surface area contributed by atoms with Gasteiger partial charge in [0.05, 0.1) is 12.3 Å². The summed E-state index contributed by atoms with van der Waals surface area (Å²) in [5.74, 6) is -0.860. The van der Waals surface area contributed by atoms with Gasteiger partial charge in [0.2, 0.25) is 0 Å². The minimum atomic E-state index is -0.455. The van der Waals surface area contributed by atoms with Crippen molar-refractivity contribution in [1.82, 2.24) is 4.98 Å². The number of carbonyl (C=O) groups is 2. The number of benzene rings is 1. The highest BCUT2D eigenvalue weighted by atomic mass is 32.2. The fourth-order valence-electron chi connectivity index (χ4n) is 1.73. The number of oxazole rings is 1. The van der Waals surface area contributed by atoms with Crippen LogP contribution in [0.2, 0.25) is 0 Å². The van der Waals surface area contributed by atoms with Crippen molar-refractivity contribution in [2.24, 2.45) is 5.92 Å². The molecule has 1 fully saturated rings. The van der Waals surface area contributed by atoms with E-state index in [-0.39, 0.29) is 6.42 Å². The van der Waals surface area contributed by atoms with E-state index in [1.807, 2.05) is 24.3 Å². The molecule has 1 unspecified atom stereocenters. The molecule has 2 heterocycles. The van der Waals surface area contributed by atoms with Crippen LogP contribution in [0.25, 0.3) is 11.1 Å². The van der Waals surface area contributed by atoms with Crippen molar-refractivity contribution in [2.45, 2.75) is 11.6 Å². The van der Waals surface area contributed by atoms with E-state index in [1.165, 1.54) is 11.8 Å². The number of cyclic esters (lactones) is 2. The van der Waals surface area contributed by atoms with Crippen molar-refractivity contribution in [3.63, 3.8) is 0 Å². The molecule has 1 aliphatic rings. The average Bonchev–Trinajstić information content (AvgIpc) is 2.89. The van der Waals surface area contributed by atoms with E-state index in [2.05, 4.69) is 9.72 Å². The largest absolute Gasteiger partial charge is 0.431 e. The first-order chi connectivity index (χ1) is 8.72. The maximum atomic E-state index is 11.3. The molecule has 5 nitrogen and oxygen atoms in total. The Bertz CT molecular complexity index is 588. The Hall–Kier alpha value is -1.82. The van der Waals surface area contributed by atoms with Gasteiger partial charge in [0.25, 0.3) is 5.22 Å². The molecule has 18 heavy (non-hydrogen) atoms. The summed E-state index contributed by atoms with van der Waals surface area (Å²) < 4.78 is 9.98.